The van der Waals surface area contributed by atoms with E-state index in [1.807, 2.05) is 0 Å². The van der Waals surface area contributed by atoms with Crippen LogP contribution >= 0.6 is 33.9 Å². The predicted octanol–water partition coefficient (Wildman–Crippen LogP) is 8.12. The molecule has 0 bridgehead atoms. The molecule has 0 N–H and O–H groups in total. The Bertz CT molecular complexity index is 1380. The van der Waals surface area contributed by atoms with Crippen LogP contribution in [0, 0.1) is 10.5 Å². The third kappa shape index (κ3) is 4.70. The average molecular weight is 537 g/mol. The van der Waals surface area contributed by atoms with Crippen LogP contribution in [0.5, 0.6) is 0 Å². The second-order valence-corrected chi connectivity index (χ2v) is 10.2. The minimum absolute atomic E-state index is 1.03. The highest BCUT2D eigenvalue weighted by Crippen LogP contribution is 2.30. The molecule has 0 amide bonds. The normalized spacial score (nSPS) is 13.2. The smallest absolute Gasteiger partial charge is 0.0358 e. The molecule has 0 radical (unpaired) electrons. The lowest BCUT2D eigenvalue weighted by Crippen LogP contribution is -2.14. The van der Waals surface area contributed by atoms with E-state index in [2.05, 4.69) is 126 Å². The highest BCUT2D eigenvalue weighted by atomic mass is 127. The van der Waals surface area contributed by atoms with Gasteiger partial charge in [0, 0.05) is 18.2 Å². The monoisotopic (exact) mass is 536 g/mol. The number of aryl methyl sites for hydroxylation is 1. The van der Waals surface area contributed by atoms with Crippen molar-refractivity contribution in [3.8, 4) is 0 Å². The maximum atomic E-state index is 4.35. The zero-order valence-electron chi connectivity index (χ0n) is 19.0. The second-order valence-electron chi connectivity index (χ2n) is 7.98. The highest BCUT2D eigenvalue weighted by molar-refractivity contribution is 14.1. The van der Waals surface area contributed by atoms with Crippen molar-refractivity contribution in [2.24, 2.45) is 0 Å². The molecule has 0 saturated heterocycles. The SMILES string of the molecule is C=C(/C=C(\C)c1cccc(/C(C)=C/C)c1I)/C(C)=C/c1ccc2sc(=C)c(=C)c2c1C. The largest absolute Gasteiger partial charge is 0.136 e. The minimum Gasteiger partial charge on any atom is -0.136 e. The van der Waals surface area contributed by atoms with Crippen molar-refractivity contribution in [3.05, 3.63) is 95.8 Å². The Labute approximate surface area is 203 Å². The number of hydrogen-bond donors (Lipinski definition) is 0. The number of rotatable bonds is 5. The summed E-state index contributed by atoms with van der Waals surface area (Å²) in [7, 11) is 0. The molecule has 0 spiro atoms. The first-order chi connectivity index (χ1) is 14.6. The molecule has 0 atom stereocenters. The third-order valence-corrected chi connectivity index (χ3v) is 8.11. The summed E-state index contributed by atoms with van der Waals surface area (Å²) in [5.41, 5.74) is 9.72. The van der Waals surface area contributed by atoms with E-state index in [9.17, 15) is 0 Å². The van der Waals surface area contributed by atoms with Crippen molar-refractivity contribution in [1.29, 1.82) is 0 Å². The van der Waals surface area contributed by atoms with Crippen molar-refractivity contribution >= 4 is 74.4 Å². The van der Waals surface area contributed by atoms with Crippen molar-refractivity contribution in [1.82, 2.24) is 0 Å². The Morgan fingerprint density at radius 1 is 1.00 bits per heavy atom. The Morgan fingerprint density at radius 3 is 2.29 bits per heavy atom. The highest BCUT2D eigenvalue weighted by Gasteiger charge is 2.10. The lowest BCUT2D eigenvalue weighted by Gasteiger charge is -2.12. The fraction of sp³-hybridized carbons (Fsp3) is 0.172. The summed E-state index contributed by atoms with van der Waals surface area (Å²) in [6, 6.07) is 10.9. The molecular formula is C29H29IS. The number of thiophene rings is 1. The topological polar surface area (TPSA) is 0 Å². The van der Waals surface area contributed by atoms with Gasteiger partial charge in [0.1, 0.15) is 0 Å². The molecule has 3 aromatic rings. The summed E-state index contributed by atoms with van der Waals surface area (Å²) >= 11 is 4.17. The van der Waals surface area contributed by atoms with Gasteiger partial charge in [-0.05, 0) is 113 Å². The van der Waals surface area contributed by atoms with E-state index >= 15 is 0 Å². The first-order valence-corrected chi connectivity index (χ1v) is 12.2. The molecule has 0 fully saturated rings. The Morgan fingerprint density at radius 2 is 1.65 bits per heavy atom. The molecule has 0 aliphatic rings. The van der Waals surface area contributed by atoms with Gasteiger partial charge in [0.25, 0.3) is 0 Å². The molecular weight excluding hydrogens is 507 g/mol. The van der Waals surface area contributed by atoms with Crippen molar-refractivity contribution < 1.29 is 0 Å². The van der Waals surface area contributed by atoms with Gasteiger partial charge in [-0.2, -0.15) is 0 Å². The van der Waals surface area contributed by atoms with Gasteiger partial charge in [-0.3, -0.25) is 0 Å². The summed E-state index contributed by atoms with van der Waals surface area (Å²) in [5, 5.41) is 2.28. The molecule has 2 heteroatoms. The van der Waals surface area contributed by atoms with Gasteiger partial charge in [0.05, 0.1) is 0 Å². The molecule has 1 heterocycles. The van der Waals surface area contributed by atoms with E-state index < -0.39 is 0 Å². The summed E-state index contributed by atoms with van der Waals surface area (Å²) < 4.78 is 3.58. The molecule has 0 aliphatic carbocycles. The van der Waals surface area contributed by atoms with E-state index in [-0.39, 0.29) is 0 Å². The fourth-order valence-electron chi connectivity index (χ4n) is 3.73. The lowest BCUT2D eigenvalue weighted by molar-refractivity contribution is 1.42. The van der Waals surface area contributed by atoms with Crippen LogP contribution in [0.1, 0.15) is 49.9 Å². The Balaban J connectivity index is 1.98. The van der Waals surface area contributed by atoms with Crippen LogP contribution in [0.4, 0.5) is 0 Å². The maximum Gasteiger partial charge on any atom is 0.0358 e. The number of hydrogen-bond acceptors (Lipinski definition) is 1. The third-order valence-electron chi connectivity index (χ3n) is 5.89. The van der Waals surface area contributed by atoms with Crippen LogP contribution in [0.15, 0.2) is 60.2 Å². The maximum absolute atomic E-state index is 4.35. The molecule has 3 rings (SSSR count). The van der Waals surface area contributed by atoms with E-state index in [0.29, 0.717) is 0 Å². The van der Waals surface area contributed by atoms with Crippen LogP contribution in [0.2, 0.25) is 0 Å². The van der Waals surface area contributed by atoms with E-state index in [4.69, 9.17) is 0 Å². The quantitative estimate of drug-likeness (QED) is 0.228. The first kappa shape index (κ1) is 23.5. The minimum atomic E-state index is 1.03. The summed E-state index contributed by atoms with van der Waals surface area (Å²) in [6.07, 6.45) is 6.58. The molecule has 0 unspecified atom stereocenters. The van der Waals surface area contributed by atoms with Crippen LogP contribution in [-0.4, -0.2) is 0 Å². The van der Waals surface area contributed by atoms with Gasteiger partial charge in [0.2, 0.25) is 0 Å². The molecule has 1 aromatic heterocycles. The molecule has 158 valence electrons. The Hall–Kier alpha value is -2.17. The number of benzene rings is 2. The number of halogens is 1. The first-order valence-electron chi connectivity index (χ1n) is 10.3. The van der Waals surface area contributed by atoms with Gasteiger partial charge in [-0.25, -0.2) is 0 Å². The van der Waals surface area contributed by atoms with Crippen LogP contribution in [-0.2, 0) is 0 Å². The van der Waals surface area contributed by atoms with Crippen LogP contribution in [0.25, 0.3) is 40.5 Å². The van der Waals surface area contributed by atoms with Crippen molar-refractivity contribution in [3.63, 3.8) is 0 Å². The molecule has 0 saturated carbocycles. The van der Waals surface area contributed by atoms with Crippen molar-refractivity contribution in [2.45, 2.75) is 34.6 Å². The summed E-state index contributed by atoms with van der Waals surface area (Å²) in [5.74, 6) is 0. The fourth-order valence-corrected chi connectivity index (χ4v) is 5.94. The van der Waals surface area contributed by atoms with E-state index in [0.717, 1.165) is 20.9 Å². The van der Waals surface area contributed by atoms with Gasteiger partial charge in [-0.15, -0.1) is 11.3 Å². The summed E-state index contributed by atoms with van der Waals surface area (Å²) in [4.78, 5) is 0. The zero-order valence-corrected chi connectivity index (χ0v) is 22.0. The molecule has 31 heavy (non-hydrogen) atoms. The average Bonchev–Trinajstić information content (AvgIpc) is 3.03. The van der Waals surface area contributed by atoms with Gasteiger partial charge in [0.15, 0.2) is 0 Å². The molecule has 2 aromatic carbocycles. The molecule has 0 nitrogen and oxygen atoms in total. The summed E-state index contributed by atoms with van der Waals surface area (Å²) in [6.45, 7) is 23.4. The Kier molecular flexibility index (Phi) is 7.23. The molecule has 0 aliphatic heterocycles. The lowest BCUT2D eigenvalue weighted by atomic mass is 9.96. The van der Waals surface area contributed by atoms with Gasteiger partial charge >= 0.3 is 0 Å². The van der Waals surface area contributed by atoms with E-state index in [1.165, 1.54) is 47.1 Å². The second kappa shape index (κ2) is 9.54. The van der Waals surface area contributed by atoms with Gasteiger partial charge in [-0.1, -0.05) is 62.2 Å². The zero-order chi connectivity index (χ0) is 22.9. The van der Waals surface area contributed by atoms with Gasteiger partial charge < -0.3 is 0 Å². The van der Waals surface area contributed by atoms with Crippen LogP contribution in [0.3, 0.4) is 0 Å². The number of allylic oxidation sites excluding steroid dienone is 6. The van der Waals surface area contributed by atoms with E-state index in [1.54, 1.807) is 11.3 Å². The number of fused-ring (bicyclic) bond motifs is 1. The van der Waals surface area contributed by atoms with Crippen molar-refractivity contribution in [2.75, 3.05) is 0 Å². The standard InChI is InChI=1S/C29H29IS/c1-9-17(2)25-11-10-12-26(29(25)30)20(5)15-18(3)19(4)16-24-13-14-27-28(22(24)7)21(6)23(8)31-27/h9-16H,3,6,8H2,1-2,4-5,7H3/b17-9+,19-16+,20-15+. The van der Waals surface area contributed by atoms with Crippen LogP contribution < -0.4 is 9.75 Å². The predicted molar refractivity (Wildman–Crippen MR) is 152 cm³/mol.